The largest absolute Gasteiger partial charge is 0.339 e. The van der Waals surface area contributed by atoms with Crippen LogP contribution in [-0.2, 0) is 11.3 Å². The highest BCUT2D eigenvalue weighted by Crippen LogP contribution is 2.33. The average Bonchev–Trinajstić information content (AvgIpc) is 3.28. The zero-order valence-electron chi connectivity index (χ0n) is 19.6. The van der Waals surface area contributed by atoms with Crippen LogP contribution in [0.25, 0.3) is 22.2 Å². The van der Waals surface area contributed by atoms with E-state index in [1.807, 2.05) is 27.8 Å². The number of hydrogen-bond acceptors (Lipinski definition) is 5. The number of hydrogen-bond donors (Lipinski definition) is 1. The van der Waals surface area contributed by atoms with E-state index in [0.717, 1.165) is 41.5 Å². The predicted octanol–water partition coefficient (Wildman–Crippen LogP) is 4.82. The summed E-state index contributed by atoms with van der Waals surface area (Å²) in [5, 5.41) is 9.05. The van der Waals surface area contributed by atoms with Gasteiger partial charge in [-0.2, -0.15) is 5.10 Å². The summed E-state index contributed by atoms with van der Waals surface area (Å²) < 4.78 is 1.92. The number of carbonyl (C=O) groups is 2. The van der Waals surface area contributed by atoms with Gasteiger partial charge in [0.15, 0.2) is 0 Å². The molecule has 1 aromatic carbocycles. The fraction of sp³-hybridized carbons (Fsp3) is 0.222. The third-order valence-corrected chi connectivity index (χ3v) is 6.65. The highest BCUT2D eigenvalue weighted by molar-refractivity contribution is 6.35. The number of likely N-dealkylation sites (tertiary alicyclic amines) is 1. The number of aromatic nitrogens is 4. The molecule has 1 atom stereocenters. The lowest BCUT2D eigenvalue weighted by Gasteiger charge is -2.32. The Hall–Kier alpha value is -4.04. The van der Waals surface area contributed by atoms with Crippen LogP contribution in [0.5, 0.6) is 0 Å². The number of fused-ring (bicyclic) bond motifs is 1. The van der Waals surface area contributed by atoms with Crippen molar-refractivity contribution in [1.82, 2.24) is 24.6 Å². The van der Waals surface area contributed by atoms with Crippen molar-refractivity contribution in [1.29, 1.82) is 0 Å². The molecule has 1 N–H and O–H groups in total. The molecular formula is C27H25ClN6O2. The molecule has 0 aliphatic carbocycles. The van der Waals surface area contributed by atoms with Gasteiger partial charge in [0, 0.05) is 54.7 Å². The predicted molar refractivity (Wildman–Crippen MR) is 140 cm³/mol. The van der Waals surface area contributed by atoms with Crippen LogP contribution < -0.4 is 5.32 Å². The summed E-state index contributed by atoms with van der Waals surface area (Å²) in [6, 6.07) is 12.6. The number of benzene rings is 1. The maximum absolute atomic E-state index is 12.6. The molecule has 0 bridgehead atoms. The summed E-state index contributed by atoms with van der Waals surface area (Å²) in [7, 11) is 0. The van der Waals surface area contributed by atoms with Gasteiger partial charge < -0.3 is 10.2 Å². The lowest BCUT2D eigenvalue weighted by molar-refractivity contribution is -0.127. The number of amides is 2. The van der Waals surface area contributed by atoms with Gasteiger partial charge in [-0.15, -0.1) is 0 Å². The molecule has 36 heavy (non-hydrogen) atoms. The minimum atomic E-state index is -0.240. The molecule has 0 saturated carbocycles. The summed E-state index contributed by atoms with van der Waals surface area (Å²) in [6.45, 7) is 5.65. The molecule has 1 fully saturated rings. The van der Waals surface area contributed by atoms with Crippen molar-refractivity contribution in [2.75, 3.05) is 18.4 Å². The first-order valence-electron chi connectivity index (χ1n) is 11.8. The standard InChI is InChI=1S/C27H25ClN6O2/c1-2-24(35)33-13-5-6-18(16-33)17-34-26-21(14-29-15-22(26)28)25(32-34)19-8-10-20(11-9-19)27(36)31-23-7-3-4-12-30-23/h2-4,7-12,14-15,18H,1,5-6,13,16-17H2,(H,30,31,36)/t18-/m1/s1. The number of anilines is 1. The summed E-state index contributed by atoms with van der Waals surface area (Å²) in [4.78, 5) is 35.0. The molecule has 2 amide bonds. The lowest BCUT2D eigenvalue weighted by atomic mass is 9.98. The number of halogens is 1. The van der Waals surface area contributed by atoms with E-state index in [0.29, 0.717) is 29.5 Å². The first kappa shape index (κ1) is 23.7. The van der Waals surface area contributed by atoms with Crippen molar-refractivity contribution in [2.45, 2.75) is 19.4 Å². The molecule has 9 heteroatoms. The Morgan fingerprint density at radius 3 is 2.75 bits per heavy atom. The van der Waals surface area contributed by atoms with Gasteiger partial charge in [-0.25, -0.2) is 4.98 Å². The Bertz CT molecular complexity index is 1420. The van der Waals surface area contributed by atoms with Crippen LogP contribution >= 0.6 is 11.6 Å². The molecule has 8 nitrogen and oxygen atoms in total. The Balaban J connectivity index is 1.41. The van der Waals surface area contributed by atoms with Crippen molar-refractivity contribution in [3.63, 3.8) is 0 Å². The van der Waals surface area contributed by atoms with E-state index in [2.05, 4.69) is 21.9 Å². The zero-order chi connectivity index (χ0) is 25.1. The van der Waals surface area contributed by atoms with Crippen LogP contribution in [0.2, 0.25) is 5.02 Å². The van der Waals surface area contributed by atoms with Crippen LogP contribution in [0, 0.1) is 5.92 Å². The van der Waals surface area contributed by atoms with Crippen LogP contribution in [0.4, 0.5) is 5.82 Å². The fourth-order valence-corrected chi connectivity index (χ4v) is 4.88. The molecule has 5 rings (SSSR count). The van der Waals surface area contributed by atoms with Gasteiger partial charge in [0.05, 0.1) is 10.5 Å². The Kier molecular flexibility index (Phi) is 6.77. The highest BCUT2D eigenvalue weighted by Gasteiger charge is 2.25. The number of carbonyl (C=O) groups excluding carboxylic acids is 2. The zero-order valence-corrected chi connectivity index (χ0v) is 20.4. The van der Waals surface area contributed by atoms with E-state index in [1.165, 1.54) is 6.08 Å². The number of rotatable bonds is 6. The van der Waals surface area contributed by atoms with Gasteiger partial charge in [0.2, 0.25) is 5.91 Å². The van der Waals surface area contributed by atoms with Crippen molar-refractivity contribution in [3.8, 4) is 11.3 Å². The summed E-state index contributed by atoms with van der Waals surface area (Å²) >= 11 is 6.57. The first-order valence-corrected chi connectivity index (χ1v) is 12.2. The van der Waals surface area contributed by atoms with Crippen LogP contribution in [-0.4, -0.2) is 49.6 Å². The van der Waals surface area contributed by atoms with Crippen molar-refractivity contribution >= 4 is 40.1 Å². The summed E-state index contributed by atoms with van der Waals surface area (Å²) in [6.07, 6.45) is 8.31. The third kappa shape index (κ3) is 4.85. The van der Waals surface area contributed by atoms with Crippen LogP contribution in [0.3, 0.4) is 0 Å². The monoisotopic (exact) mass is 500 g/mol. The van der Waals surface area contributed by atoms with E-state index in [1.54, 1.807) is 42.9 Å². The quantitative estimate of drug-likeness (QED) is 0.383. The number of nitrogens with zero attached hydrogens (tertiary/aromatic N) is 5. The molecular weight excluding hydrogens is 476 g/mol. The second-order valence-corrected chi connectivity index (χ2v) is 9.20. The third-order valence-electron chi connectivity index (χ3n) is 6.37. The smallest absolute Gasteiger partial charge is 0.256 e. The normalized spacial score (nSPS) is 15.6. The molecule has 0 unspecified atom stereocenters. The molecule has 182 valence electrons. The van der Waals surface area contributed by atoms with Gasteiger partial charge >= 0.3 is 0 Å². The first-order chi connectivity index (χ1) is 17.5. The summed E-state index contributed by atoms with van der Waals surface area (Å²) in [5.41, 5.74) is 2.92. The molecule has 3 aromatic heterocycles. The van der Waals surface area contributed by atoms with Crippen LogP contribution in [0.15, 0.2) is 73.7 Å². The molecule has 0 radical (unpaired) electrons. The van der Waals surface area contributed by atoms with Gasteiger partial charge in [-0.05, 0) is 49.1 Å². The van der Waals surface area contributed by atoms with Crippen molar-refractivity contribution in [3.05, 3.63) is 84.3 Å². The number of pyridine rings is 2. The maximum atomic E-state index is 12.6. The van der Waals surface area contributed by atoms with E-state index >= 15 is 0 Å². The van der Waals surface area contributed by atoms with Crippen molar-refractivity contribution in [2.24, 2.45) is 5.92 Å². The van der Waals surface area contributed by atoms with Gasteiger partial charge in [0.1, 0.15) is 11.5 Å². The molecule has 4 heterocycles. The minimum absolute atomic E-state index is 0.0416. The summed E-state index contributed by atoms with van der Waals surface area (Å²) in [5.74, 6) is 0.463. The fourth-order valence-electron chi connectivity index (χ4n) is 4.63. The lowest BCUT2D eigenvalue weighted by Crippen LogP contribution is -2.40. The van der Waals surface area contributed by atoms with Gasteiger partial charge in [-0.1, -0.05) is 36.4 Å². The Morgan fingerprint density at radius 1 is 1.17 bits per heavy atom. The SMILES string of the molecule is C=CC(=O)N1CCC[C@@H](Cn2nc(-c3ccc(C(=O)Nc4ccccn4)cc3)c3cncc(Cl)c32)C1. The topological polar surface area (TPSA) is 93.0 Å². The molecule has 1 aliphatic rings. The number of nitrogens with one attached hydrogen (secondary N) is 1. The van der Waals surface area contributed by atoms with Crippen molar-refractivity contribution < 1.29 is 9.59 Å². The molecule has 1 aliphatic heterocycles. The van der Waals surface area contributed by atoms with Gasteiger partial charge in [0.25, 0.3) is 5.91 Å². The Morgan fingerprint density at radius 2 is 2.00 bits per heavy atom. The average molecular weight is 501 g/mol. The molecule has 1 saturated heterocycles. The van der Waals surface area contributed by atoms with E-state index < -0.39 is 0 Å². The number of piperidine rings is 1. The van der Waals surface area contributed by atoms with E-state index in [9.17, 15) is 9.59 Å². The van der Waals surface area contributed by atoms with E-state index in [4.69, 9.17) is 16.7 Å². The Labute approximate surface area is 213 Å². The molecule has 0 spiro atoms. The van der Waals surface area contributed by atoms with Gasteiger partial charge in [-0.3, -0.25) is 19.3 Å². The molecule has 4 aromatic rings. The van der Waals surface area contributed by atoms with E-state index in [-0.39, 0.29) is 17.7 Å². The minimum Gasteiger partial charge on any atom is -0.339 e. The second kappa shape index (κ2) is 10.3. The van der Waals surface area contributed by atoms with Crippen LogP contribution in [0.1, 0.15) is 23.2 Å². The maximum Gasteiger partial charge on any atom is 0.256 e. The highest BCUT2D eigenvalue weighted by atomic mass is 35.5. The second-order valence-electron chi connectivity index (χ2n) is 8.79.